The number of carboxylic acids is 1. The van der Waals surface area contributed by atoms with Crippen LogP contribution < -0.4 is 0 Å². The number of unbranched alkanes of at least 4 members (excludes halogenated alkanes) is 4. The maximum atomic E-state index is 14.3. The van der Waals surface area contributed by atoms with Gasteiger partial charge in [-0.25, -0.2) is 8.78 Å². The van der Waals surface area contributed by atoms with E-state index in [4.69, 9.17) is 14.6 Å². The Kier molecular flexibility index (Phi) is 12.5. The molecule has 1 aliphatic heterocycles. The van der Waals surface area contributed by atoms with E-state index in [1.807, 2.05) is 6.92 Å². The number of aliphatic hydroxyl groups is 2. The largest absolute Gasteiger partial charge is 0.481 e. The number of halogens is 2. The Hall–Kier alpha value is -0.830. The van der Waals surface area contributed by atoms with E-state index in [0.29, 0.717) is 38.7 Å². The SMILES string of the molecule is CCCCC(F)(F)C(O)CCC1C(OC2CCCCO2)CC(O)C1CCCCCCC(=O)O. The molecule has 0 aromatic heterocycles. The van der Waals surface area contributed by atoms with Crippen LogP contribution in [0.15, 0.2) is 0 Å². The second-order valence-corrected chi connectivity index (χ2v) is 9.91. The first-order valence-electron chi connectivity index (χ1n) is 13.0. The molecule has 0 bridgehead atoms. The van der Waals surface area contributed by atoms with Crippen molar-refractivity contribution in [3.63, 3.8) is 0 Å². The molecule has 6 atom stereocenters. The summed E-state index contributed by atoms with van der Waals surface area (Å²) in [6, 6.07) is 0. The van der Waals surface area contributed by atoms with Crippen molar-refractivity contribution >= 4 is 5.97 Å². The van der Waals surface area contributed by atoms with Crippen LogP contribution >= 0.6 is 0 Å². The summed E-state index contributed by atoms with van der Waals surface area (Å²) in [5, 5.41) is 29.7. The molecule has 1 saturated heterocycles. The van der Waals surface area contributed by atoms with E-state index in [1.54, 1.807) is 0 Å². The summed E-state index contributed by atoms with van der Waals surface area (Å²) in [5.74, 6) is -4.08. The summed E-state index contributed by atoms with van der Waals surface area (Å²) in [6.45, 7) is 2.50. The Bertz CT molecular complexity index is 555. The van der Waals surface area contributed by atoms with Crippen LogP contribution in [0.4, 0.5) is 8.78 Å². The molecule has 3 N–H and O–H groups in total. The number of aliphatic hydroxyl groups excluding tert-OH is 2. The highest BCUT2D eigenvalue weighted by atomic mass is 19.3. The van der Waals surface area contributed by atoms with Gasteiger partial charge in [-0.2, -0.15) is 0 Å². The van der Waals surface area contributed by atoms with E-state index in [-0.39, 0.29) is 43.5 Å². The lowest BCUT2D eigenvalue weighted by molar-refractivity contribution is -0.197. The van der Waals surface area contributed by atoms with E-state index >= 15 is 0 Å². The lowest BCUT2D eigenvalue weighted by atomic mass is 9.84. The van der Waals surface area contributed by atoms with Gasteiger partial charge in [0.15, 0.2) is 6.29 Å². The van der Waals surface area contributed by atoms with Crippen molar-refractivity contribution in [2.75, 3.05) is 6.61 Å². The van der Waals surface area contributed by atoms with Crippen molar-refractivity contribution in [3.8, 4) is 0 Å². The third-order valence-electron chi connectivity index (χ3n) is 7.26. The number of hydrogen-bond donors (Lipinski definition) is 3. The lowest BCUT2D eigenvalue weighted by Crippen LogP contribution is -2.36. The molecule has 0 radical (unpaired) electrons. The molecule has 1 heterocycles. The first-order chi connectivity index (χ1) is 15.7. The smallest absolute Gasteiger partial charge is 0.303 e. The fourth-order valence-corrected chi connectivity index (χ4v) is 5.28. The second-order valence-electron chi connectivity index (χ2n) is 9.91. The Balaban J connectivity index is 1.93. The first kappa shape index (κ1) is 28.4. The zero-order valence-corrected chi connectivity index (χ0v) is 20.1. The predicted octanol–water partition coefficient (Wildman–Crippen LogP) is 5.29. The molecule has 2 aliphatic rings. The molecule has 2 rings (SSSR count). The van der Waals surface area contributed by atoms with Crippen molar-refractivity contribution in [3.05, 3.63) is 0 Å². The number of rotatable bonds is 16. The molecule has 1 aliphatic carbocycles. The number of carbonyl (C=O) groups is 1. The summed E-state index contributed by atoms with van der Waals surface area (Å²) in [5.41, 5.74) is 0. The van der Waals surface area contributed by atoms with Gasteiger partial charge in [0.05, 0.1) is 12.2 Å². The summed E-state index contributed by atoms with van der Waals surface area (Å²) in [4.78, 5) is 10.7. The summed E-state index contributed by atoms with van der Waals surface area (Å²) < 4.78 is 40.5. The minimum Gasteiger partial charge on any atom is -0.481 e. The fraction of sp³-hybridized carbons (Fsp3) is 0.960. The topological polar surface area (TPSA) is 96.2 Å². The van der Waals surface area contributed by atoms with Gasteiger partial charge in [0.25, 0.3) is 5.92 Å². The second kappa shape index (κ2) is 14.5. The maximum absolute atomic E-state index is 14.3. The van der Waals surface area contributed by atoms with Gasteiger partial charge in [-0.1, -0.05) is 32.6 Å². The molecule has 2 fully saturated rings. The highest BCUT2D eigenvalue weighted by Gasteiger charge is 2.45. The Morgan fingerprint density at radius 2 is 1.88 bits per heavy atom. The molecule has 194 valence electrons. The van der Waals surface area contributed by atoms with Crippen molar-refractivity contribution in [1.82, 2.24) is 0 Å². The van der Waals surface area contributed by atoms with E-state index in [2.05, 4.69) is 0 Å². The molecule has 1 saturated carbocycles. The van der Waals surface area contributed by atoms with Crippen LogP contribution in [0.1, 0.15) is 103 Å². The molecule has 8 heteroatoms. The molecule has 0 aromatic rings. The Morgan fingerprint density at radius 3 is 2.55 bits per heavy atom. The molecule has 6 nitrogen and oxygen atoms in total. The van der Waals surface area contributed by atoms with Gasteiger partial charge in [0.1, 0.15) is 6.10 Å². The van der Waals surface area contributed by atoms with Crippen molar-refractivity contribution < 1.29 is 38.4 Å². The van der Waals surface area contributed by atoms with Crippen LogP contribution in [0.3, 0.4) is 0 Å². The quantitative estimate of drug-likeness (QED) is 0.261. The van der Waals surface area contributed by atoms with E-state index in [0.717, 1.165) is 44.9 Å². The summed E-state index contributed by atoms with van der Waals surface area (Å²) in [7, 11) is 0. The number of hydrogen-bond acceptors (Lipinski definition) is 5. The average Bonchev–Trinajstić information content (AvgIpc) is 3.07. The van der Waals surface area contributed by atoms with Gasteiger partial charge in [-0.15, -0.1) is 0 Å². The molecule has 6 unspecified atom stereocenters. The number of carboxylic acid groups (broad SMARTS) is 1. The highest BCUT2D eigenvalue weighted by Crippen LogP contribution is 2.42. The zero-order valence-electron chi connectivity index (χ0n) is 20.1. The minimum absolute atomic E-state index is 0.0192. The number of ether oxygens (including phenoxy) is 2. The average molecular weight is 479 g/mol. The third-order valence-corrected chi connectivity index (χ3v) is 7.26. The van der Waals surface area contributed by atoms with E-state index < -0.39 is 24.1 Å². The van der Waals surface area contributed by atoms with Crippen LogP contribution in [0.2, 0.25) is 0 Å². The molecule has 0 amide bonds. The molecule has 33 heavy (non-hydrogen) atoms. The van der Waals surface area contributed by atoms with Crippen molar-refractivity contribution in [2.45, 2.75) is 134 Å². The van der Waals surface area contributed by atoms with Crippen LogP contribution in [0.5, 0.6) is 0 Å². The van der Waals surface area contributed by atoms with Gasteiger partial charge in [0, 0.05) is 25.9 Å². The summed E-state index contributed by atoms with van der Waals surface area (Å²) in [6.07, 6.45) is 5.59. The van der Waals surface area contributed by atoms with Crippen LogP contribution in [0, 0.1) is 11.8 Å². The third kappa shape index (κ3) is 9.74. The van der Waals surface area contributed by atoms with Gasteiger partial charge in [-0.3, -0.25) is 4.79 Å². The van der Waals surface area contributed by atoms with E-state index in [9.17, 15) is 23.8 Å². The lowest BCUT2D eigenvalue weighted by Gasteiger charge is -2.31. The Morgan fingerprint density at radius 1 is 1.12 bits per heavy atom. The van der Waals surface area contributed by atoms with E-state index in [1.165, 1.54) is 0 Å². The maximum Gasteiger partial charge on any atom is 0.303 e. The molecule has 0 aromatic carbocycles. The van der Waals surface area contributed by atoms with Gasteiger partial charge in [0.2, 0.25) is 0 Å². The standard InChI is InChI=1S/C25H44F2O6/c1-2-3-15-25(26,27)22(29)14-13-19-18(10-6-4-5-7-11-23(30)31)20(28)17-21(19)33-24-12-8-9-16-32-24/h18-22,24,28-29H,2-17H2,1H3,(H,30,31). The first-order valence-corrected chi connectivity index (χ1v) is 13.0. The predicted molar refractivity (Wildman–Crippen MR) is 121 cm³/mol. The van der Waals surface area contributed by atoms with Crippen LogP contribution in [0.25, 0.3) is 0 Å². The zero-order chi connectivity index (χ0) is 24.3. The molecule has 0 spiro atoms. The minimum atomic E-state index is -3.10. The normalized spacial score (nSPS) is 29.3. The summed E-state index contributed by atoms with van der Waals surface area (Å²) >= 11 is 0. The molecular weight excluding hydrogens is 434 g/mol. The van der Waals surface area contributed by atoms with Gasteiger partial charge in [-0.05, 0) is 63.2 Å². The number of aliphatic carboxylic acids is 1. The highest BCUT2D eigenvalue weighted by molar-refractivity contribution is 5.66. The van der Waals surface area contributed by atoms with Crippen LogP contribution in [-0.4, -0.2) is 58.4 Å². The molecular formula is C25H44F2O6. The monoisotopic (exact) mass is 478 g/mol. The Labute approximate surface area is 197 Å². The fourth-order valence-electron chi connectivity index (χ4n) is 5.28. The van der Waals surface area contributed by atoms with Crippen molar-refractivity contribution in [2.24, 2.45) is 11.8 Å². The number of alkyl halides is 2. The van der Waals surface area contributed by atoms with Gasteiger partial charge >= 0.3 is 5.97 Å². The van der Waals surface area contributed by atoms with Crippen LogP contribution in [-0.2, 0) is 14.3 Å². The van der Waals surface area contributed by atoms with Crippen molar-refractivity contribution in [1.29, 1.82) is 0 Å². The van der Waals surface area contributed by atoms with Gasteiger partial charge < -0.3 is 24.8 Å².